The van der Waals surface area contributed by atoms with Gasteiger partial charge in [0.15, 0.2) is 5.82 Å². The summed E-state index contributed by atoms with van der Waals surface area (Å²) in [5.74, 6) is 1.68. The zero-order valence-electron chi connectivity index (χ0n) is 11.7. The van der Waals surface area contributed by atoms with Crippen LogP contribution in [0.4, 0.5) is 5.82 Å². The van der Waals surface area contributed by atoms with Crippen LogP contribution in [0.3, 0.4) is 0 Å². The van der Waals surface area contributed by atoms with Gasteiger partial charge >= 0.3 is 0 Å². The number of halogens is 1. The van der Waals surface area contributed by atoms with Crippen molar-refractivity contribution in [2.75, 3.05) is 12.4 Å². The third-order valence-corrected chi connectivity index (χ3v) is 4.09. The quantitative estimate of drug-likeness (QED) is 0.924. The van der Waals surface area contributed by atoms with E-state index in [1.165, 1.54) is 11.1 Å². The molecule has 19 heavy (non-hydrogen) atoms. The van der Waals surface area contributed by atoms with E-state index in [9.17, 15) is 0 Å². The van der Waals surface area contributed by atoms with Crippen molar-refractivity contribution in [1.29, 1.82) is 0 Å². The molecule has 2 aromatic rings. The molecule has 0 radical (unpaired) electrons. The van der Waals surface area contributed by atoms with E-state index in [4.69, 9.17) is 0 Å². The molecule has 0 saturated heterocycles. The fourth-order valence-corrected chi connectivity index (χ4v) is 2.47. The molecule has 1 aromatic carbocycles. The Morgan fingerprint density at radius 1 is 1.21 bits per heavy atom. The van der Waals surface area contributed by atoms with Gasteiger partial charge in [-0.05, 0) is 31.9 Å². The maximum absolute atomic E-state index is 4.62. The van der Waals surface area contributed by atoms with Crippen LogP contribution in [0.15, 0.2) is 22.7 Å². The van der Waals surface area contributed by atoms with Gasteiger partial charge in [-0.15, -0.1) is 0 Å². The van der Waals surface area contributed by atoms with E-state index < -0.39 is 0 Å². The molecular formula is C15H18BrN3. The van der Waals surface area contributed by atoms with E-state index in [1.54, 1.807) is 0 Å². The summed E-state index contributed by atoms with van der Waals surface area (Å²) in [5.41, 5.74) is 4.45. The molecule has 2 rings (SSSR count). The summed E-state index contributed by atoms with van der Waals surface area (Å²) in [6.45, 7) is 6.22. The van der Waals surface area contributed by atoms with E-state index in [2.05, 4.69) is 63.3 Å². The van der Waals surface area contributed by atoms with Crippen molar-refractivity contribution in [2.24, 2.45) is 0 Å². The lowest BCUT2D eigenvalue weighted by Crippen LogP contribution is -2.05. The molecule has 1 N–H and O–H groups in total. The Balaban J connectivity index is 2.56. The molecule has 100 valence electrons. The Kier molecular flexibility index (Phi) is 4.20. The highest BCUT2D eigenvalue weighted by molar-refractivity contribution is 9.10. The van der Waals surface area contributed by atoms with Crippen molar-refractivity contribution < 1.29 is 0 Å². The smallest absolute Gasteiger partial charge is 0.161 e. The molecule has 0 spiro atoms. The van der Waals surface area contributed by atoms with E-state index in [0.29, 0.717) is 0 Å². The highest BCUT2D eigenvalue weighted by atomic mass is 79.9. The molecule has 0 unspecified atom stereocenters. The first kappa shape index (κ1) is 14.0. The molecule has 0 aliphatic heterocycles. The summed E-state index contributed by atoms with van der Waals surface area (Å²) >= 11 is 3.55. The monoisotopic (exact) mass is 319 g/mol. The molecule has 3 nitrogen and oxygen atoms in total. The third-order valence-electron chi connectivity index (χ3n) is 3.23. The molecular weight excluding hydrogens is 302 g/mol. The van der Waals surface area contributed by atoms with Crippen LogP contribution in [-0.4, -0.2) is 17.0 Å². The van der Waals surface area contributed by atoms with E-state index in [1.807, 2.05) is 14.0 Å². The Bertz CT molecular complexity index is 609. The van der Waals surface area contributed by atoms with Crippen molar-refractivity contribution in [2.45, 2.75) is 27.2 Å². The minimum Gasteiger partial charge on any atom is -0.373 e. The third kappa shape index (κ3) is 2.78. The lowest BCUT2D eigenvalue weighted by Gasteiger charge is -2.12. The first-order valence-corrected chi connectivity index (χ1v) is 7.18. The van der Waals surface area contributed by atoms with Gasteiger partial charge in [0.2, 0.25) is 0 Å². The second-order valence-electron chi connectivity index (χ2n) is 4.53. The van der Waals surface area contributed by atoms with E-state index in [0.717, 1.165) is 33.8 Å². The van der Waals surface area contributed by atoms with Crippen LogP contribution in [-0.2, 0) is 6.42 Å². The molecule has 0 fully saturated rings. The number of benzene rings is 1. The number of anilines is 1. The van der Waals surface area contributed by atoms with Gasteiger partial charge in [-0.3, -0.25) is 0 Å². The average molecular weight is 320 g/mol. The van der Waals surface area contributed by atoms with E-state index >= 15 is 0 Å². The molecule has 4 heteroatoms. The summed E-state index contributed by atoms with van der Waals surface area (Å²) in [6, 6.07) is 6.19. The predicted molar refractivity (Wildman–Crippen MR) is 83.6 cm³/mol. The van der Waals surface area contributed by atoms with Crippen LogP contribution in [0.1, 0.15) is 23.7 Å². The van der Waals surface area contributed by atoms with Gasteiger partial charge in [0.05, 0.1) is 0 Å². The second kappa shape index (κ2) is 5.70. The van der Waals surface area contributed by atoms with Crippen molar-refractivity contribution in [3.8, 4) is 11.4 Å². The van der Waals surface area contributed by atoms with E-state index in [-0.39, 0.29) is 0 Å². The van der Waals surface area contributed by atoms with Gasteiger partial charge in [0, 0.05) is 28.3 Å². The molecule has 0 aliphatic carbocycles. The van der Waals surface area contributed by atoms with Gasteiger partial charge in [-0.2, -0.15) is 0 Å². The number of nitrogens with zero attached hydrogens (tertiary/aromatic N) is 2. The molecule has 1 heterocycles. The van der Waals surface area contributed by atoms with Gasteiger partial charge in [0.1, 0.15) is 5.82 Å². The maximum Gasteiger partial charge on any atom is 0.161 e. The van der Waals surface area contributed by atoms with Crippen molar-refractivity contribution >= 4 is 21.7 Å². The minimum atomic E-state index is 0.764. The summed E-state index contributed by atoms with van der Waals surface area (Å²) < 4.78 is 1.08. The van der Waals surface area contributed by atoms with Crippen LogP contribution >= 0.6 is 15.9 Å². The van der Waals surface area contributed by atoms with Crippen LogP contribution in [0, 0.1) is 13.8 Å². The number of hydrogen-bond acceptors (Lipinski definition) is 3. The number of aromatic nitrogens is 2. The van der Waals surface area contributed by atoms with Crippen LogP contribution in [0.2, 0.25) is 0 Å². The van der Waals surface area contributed by atoms with Gasteiger partial charge in [-0.25, -0.2) is 9.97 Å². The largest absolute Gasteiger partial charge is 0.373 e. The van der Waals surface area contributed by atoms with Gasteiger partial charge in [-0.1, -0.05) is 35.0 Å². The highest BCUT2D eigenvalue weighted by Crippen LogP contribution is 2.26. The molecule has 0 saturated carbocycles. The topological polar surface area (TPSA) is 37.8 Å². The number of aryl methyl sites for hydroxylation is 2. The Hall–Kier alpha value is -1.42. The van der Waals surface area contributed by atoms with Crippen LogP contribution < -0.4 is 5.32 Å². The molecule has 0 amide bonds. The molecule has 0 bridgehead atoms. The summed E-state index contributed by atoms with van der Waals surface area (Å²) in [7, 11) is 1.90. The Labute approximate surface area is 122 Å². The lowest BCUT2D eigenvalue weighted by atomic mass is 10.1. The zero-order chi connectivity index (χ0) is 14.0. The molecule has 1 aromatic heterocycles. The lowest BCUT2D eigenvalue weighted by molar-refractivity contribution is 1.00. The van der Waals surface area contributed by atoms with Crippen molar-refractivity contribution in [3.05, 3.63) is 39.5 Å². The second-order valence-corrected chi connectivity index (χ2v) is 5.38. The first-order chi connectivity index (χ1) is 9.06. The average Bonchev–Trinajstić information content (AvgIpc) is 2.40. The Morgan fingerprint density at radius 3 is 2.53 bits per heavy atom. The Morgan fingerprint density at radius 2 is 1.95 bits per heavy atom. The fraction of sp³-hybridized carbons (Fsp3) is 0.333. The summed E-state index contributed by atoms with van der Waals surface area (Å²) in [4.78, 5) is 9.24. The summed E-state index contributed by atoms with van der Waals surface area (Å²) in [6.07, 6.45) is 0.930. The predicted octanol–water partition coefficient (Wildman–Crippen LogP) is 4.13. The summed E-state index contributed by atoms with van der Waals surface area (Å²) in [5, 5.41) is 3.16. The van der Waals surface area contributed by atoms with Crippen molar-refractivity contribution in [1.82, 2.24) is 9.97 Å². The number of rotatable bonds is 3. The molecule has 0 atom stereocenters. The van der Waals surface area contributed by atoms with Gasteiger partial charge < -0.3 is 5.32 Å². The number of hydrogen-bond donors (Lipinski definition) is 1. The zero-order valence-corrected chi connectivity index (χ0v) is 13.3. The molecule has 0 aliphatic rings. The SMILES string of the molecule is CCc1c(C)nc(-c2ccc(C)c(Br)c2)nc1NC. The van der Waals surface area contributed by atoms with Crippen LogP contribution in [0.5, 0.6) is 0 Å². The van der Waals surface area contributed by atoms with Crippen molar-refractivity contribution in [3.63, 3.8) is 0 Å². The minimum absolute atomic E-state index is 0.764. The maximum atomic E-state index is 4.62. The fourth-order valence-electron chi connectivity index (χ4n) is 2.09. The first-order valence-electron chi connectivity index (χ1n) is 6.38. The highest BCUT2D eigenvalue weighted by Gasteiger charge is 2.11. The van der Waals surface area contributed by atoms with Crippen LogP contribution in [0.25, 0.3) is 11.4 Å². The normalized spacial score (nSPS) is 10.6. The number of nitrogens with one attached hydrogen (secondary N) is 1. The van der Waals surface area contributed by atoms with Gasteiger partial charge in [0.25, 0.3) is 0 Å². The standard InChI is InChI=1S/C15H18BrN3/c1-5-12-10(3)18-14(19-15(12)17-4)11-7-6-9(2)13(16)8-11/h6-8H,5H2,1-4H3,(H,17,18,19).